The highest BCUT2D eigenvalue weighted by atomic mass is 16.5. The lowest BCUT2D eigenvalue weighted by Gasteiger charge is -2.12. The van der Waals surface area contributed by atoms with Crippen LogP contribution in [-0.4, -0.2) is 11.1 Å². The number of hydroxylamine groups is 1. The first-order chi connectivity index (χ1) is 8.21. The minimum atomic E-state index is -0.301. The molecule has 0 aliphatic rings. The summed E-state index contributed by atoms with van der Waals surface area (Å²) in [6.07, 6.45) is 3.64. The maximum atomic E-state index is 11.4. The van der Waals surface area contributed by atoms with Crippen molar-refractivity contribution >= 4 is 5.91 Å². The van der Waals surface area contributed by atoms with Crippen LogP contribution in [0.25, 0.3) is 0 Å². The van der Waals surface area contributed by atoms with Crippen LogP contribution in [0.3, 0.4) is 0 Å². The molecule has 1 aromatic rings. The van der Waals surface area contributed by atoms with E-state index in [9.17, 15) is 4.79 Å². The van der Waals surface area contributed by atoms with Crippen molar-refractivity contribution in [3.8, 4) is 0 Å². The Labute approximate surface area is 103 Å². The molecule has 94 valence electrons. The average molecular weight is 235 g/mol. The van der Waals surface area contributed by atoms with E-state index in [0.29, 0.717) is 6.42 Å². The third-order valence-corrected chi connectivity index (χ3v) is 3.02. The van der Waals surface area contributed by atoms with E-state index >= 15 is 0 Å². The summed E-state index contributed by atoms with van der Waals surface area (Å²) in [5, 5.41) is 8.63. The Morgan fingerprint density at radius 3 is 2.29 bits per heavy atom. The number of hydrogen-bond acceptors (Lipinski definition) is 2. The van der Waals surface area contributed by atoms with E-state index in [2.05, 4.69) is 31.2 Å². The maximum Gasteiger partial charge on any atom is 0.246 e. The molecule has 17 heavy (non-hydrogen) atoms. The van der Waals surface area contributed by atoms with Crippen molar-refractivity contribution in [1.82, 2.24) is 5.48 Å². The van der Waals surface area contributed by atoms with E-state index in [1.165, 1.54) is 5.56 Å². The monoisotopic (exact) mass is 235 g/mol. The van der Waals surface area contributed by atoms with Crippen LogP contribution in [0.5, 0.6) is 0 Å². The molecular weight excluding hydrogens is 214 g/mol. The van der Waals surface area contributed by atoms with Gasteiger partial charge in [0.15, 0.2) is 0 Å². The number of amides is 1. The van der Waals surface area contributed by atoms with Crippen molar-refractivity contribution in [2.24, 2.45) is 5.92 Å². The largest absolute Gasteiger partial charge is 0.289 e. The number of rotatable bonds is 6. The van der Waals surface area contributed by atoms with E-state index in [0.717, 1.165) is 24.8 Å². The molecule has 1 aromatic carbocycles. The first kappa shape index (κ1) is 13.7. The zero-order valence-corrected chi connectivity index (χ0v) is 10.6. The summed E-state index contributed by atoms with van der Waals surface area (Å²) < 4.78 is 0. The molecule has 0 aromatic heterocycles. The molecule has 0 bridgehead atoms. The predicted molar refractivity (Wildman–Crippen MR) is 67.9 cm³/mol. The summed E-state index contributed by atoms with van der Waals surface area (Å²) in [6, 6.07) is 8.36. The summed E-state index contributed by atoms with van der Waals surface area (Å²) >= 11 is 0. The van der Waals surface area contributed by atoms with Crippen molar-refractivity contribution in [3.63, 3.8) is 0 Å². The van der Waals surface area contributed by atoms with E-state index < -0.39 is 0 Å². The SMILES string of the molecule is CCCc1ccc(CC(CC)C(=O)NO)cc1. The topological polar surface area (TPSA) is 49.3 Å². The smallest absolute Gasteiger partial charge is 0.246 e. The second-order valence-electron chi connectivity index (χ2n) is 4.35. The van der Waals surface area contributed by atoms with Gasteiger partial charge in [-0.05, 0) is 30.4 Å². The van der Waals surface area contributed by atoms with Crippen LogP contribution in [0.4, 0.5) is 0 Å². The summed E-state index contributed by atoms with van der Waals surface area (Å²) in [7, 11) is 0. The van der Waals surface area contributed by atoms with Crippen LogP contribution in [-0.2, 0) is 17.6 Å². The fourth-order valence-corrected chi connectivity index (χ4v) is 1.93. The Bertz CT molecular complexity index is 346. The molecule has 1 rings (SSSR count). The molecule has 0 saturated heterocycles. The van der Waals surface area contributed by atoms with E-state index in [1.807, 2.05) is 6.92 Å². The predicted octanol–water partition coefficient (Wildman–Crippen LogP) is 2.71. The van der Waals surface area contributed by atoms with Crippen molar-refractivity contribution in [2.45, 2.75) is 39.5 Å². The molecule has 0 spiro atoms. The third kappa shape index (κ3) is 4.19. The van der Waals surface area contributed by atoms with Crippen LogP contribution < -0.4 is 5.48 Å². The van der Waals surface area contributed by atoms with Gasteiger partial charge in [-0.3, -0.25) is 10.0 Å². The Morgan fingerprint density at radius 1 is 1.24 bits per heavy atom. The Kier molecular flexibility index (Phi) is 5.70. The molecule has 3 nitrogen and oxygen atoms in total. The number of aryl methyl sites for hydroxylation is 1. The average Bonchev–Trinajstić information content (AvgIpc) is 2.37. The maximum absolute atomic E-state index is 11.4. The quantitative estimate of drug-likeness (QED) is 0.588. The first-order valence-corrected chi connectivity index (χ1v) is 6.23. The van der Waals surface area contributed by atoms with E-state index in [4.69, 9.17) is 5.21 Å². The molecule has 1 unspecified atom stereocenters. The van der Waals surface area contributed by atoms with Gasteiger partial charge in [-0.15, -0.1) is 0 Å². The number of carbonyl (C=O) groups is 1. The fraction of sp³-hybridized carbons (Fsp3) is 0.500. The normalized spacial score (nSPS) is 12.2. The lowest BCUT2D eigenvalue weighted by Crippen LogP contribution is -2.28. The summed E-state index contributed by atoms with van der Waals surface area (Å²) in [5.41, 5.74) is 4.20. The summed E-state index contributed by atoms with van der Waals surface area (Å²) in [5.74, 6) is -0.456. The van der Waals surface area contributed by atoms with Crippen LogP contribution in [0.15, 0.2) is 24.3 Å². The van der Waals surface area contributed by atoms with Crippen molar-refractivity contribution in [1.29, 1.82) is 0 Å². The van der Waals surface area contributed by atoms with Gasteiger partial charge in [-0.25, -0.2) is 5.48 Å². The minimum Gasteiger partial charge on any atom is -0.289 e. The van der Waals surface area contributed by atoms with Gasteiger partial charge in [0, 0.05) is 5.92 Å². The Morgan fingerprint density at radius 2 is 1.82 bits per heavy atom. The zero-order chi connectivity index (χ0) is 12.7. The lowest BCUT2D eigenvalue weighted by molar-refractivity contribution is -0.133. The number of nitrogens with one attached hydrogen (secondary N) is 1. The van der Waals surface area contributed by atoms with Crippen LogP contribution in [0, 0.1) is 5.92 Å². The molecule has 0 aliphatic heterocycles. The standard InChI is InChI=1S/C14H21NO2/c1-3-5-11-6-8-12(9-7-11)10-13(4-2)14(16)15-17/h6-9,13,17H,3-5,10H2,1-2H3,(H,15,16). The zero-order valence-electron chi connectivity index (χ0n) is 10.6. The number of hydrogen-bond donors (Lipinski definition) is 2. The molecule has 0 radical (unpaired) electrons. The molecule has 1 atom stereocenters. The molecule has 0 fully saturated rings. The Hall–Kier alpha value is -1.35. The number of benzene rings is 1. The van der Waals surface area contributed by atoms with Gasteiger partial charge >= 0.3 is 0 Å². The highest BCUT2D eigenvalue weighted by molar-refractivity contribution is 5.77. The molecule has 2 N–H and O–H groups in total. The van der Waals surface area contributed by atoms with Gasteiger partial charge in [-0.1, -0.05) is 44.5 Å². The van der Waals surface area contributed by atoms with Gasteiger partial charge in [0.05, 0.1) is 0 Å². The Balaban J connectivity index is 2.64. The van der Waals surface area contributed by atoms with Crippen LogP contribution in [0.2, 0.25) is 0 Å². The van der Waals surface area contributed by atoms with Gasteiger partial charge < -0.3 is 0 Å². The van der Waals surface area contributed by atoms with Gasteiger partial charge in [0.2, 0.25) is 5.91 Å². The van der Waals surface area contributed by atoms with E-state index in [-0.39, 0.29) is 11.8 Å². The second kappa shape index (κ2) is 7.07. The highest BCUT2D eigenvalue weighted by Crippen LogP contribution is 2.14. The molecule has 0 heterocycles. The van der Waals surface area contributed by atoms with Crippen molar-refractivity contribution in [3.05, 3.63) is 35.4 Å². The van der Waals surface area contributed by atoms with Crippen LogP contribution in [0.1, 0.15) is 37.8 Å². The van der Waals surface area contributed by atoms with E-state index in [1.54, 1.807) is 5.48 Å². The summed E-state index contributed by atoms with van der Waals surface area (Å²) in [6.45, 7) is 4.11. The highest BCUT2D eigenvalue weighted by Gasteiger charge is 2.15. The van der Waals surface area contributed by atoms with Crippen molar-refractivity contribution in [2.75, 3.05) is 0 Å². The minimum absolute atomic E-state index is 0.156. The molecule has 0 aliphatic carbocycles. The molecule has 3 heteroatoms. The molecule has 1 amide bonds. The van der Waals surface area contributed by atoms with Gasteiger partial charge in [0.1, 0.15) is 0 Å². The van der Waals surface area contributed by atoms with Crippen molar-refractivity contribution < 1.29 is 10.0 Å². The van der Waals surface area contributed by atoms with Gasteiger partial charge in [0.25, 0.3) is 0 Å². The van der Waals surface area contributed by atoms with Crippen LogP contribution >= 0.6 is 0 Å². The second-order valence-corrected chi connectivity index (χ2v) is 4.35. The fourth-order valence-electron chi connectivity index (χ4n) is 1.93. The third-order valence-electron chi connectivity index (χ3n) is 3.02. The lowest BCUT2D eigenvalue weighted by atomic mass is 9.95. The molecule has 0 saturated carbocycles. The summed E-state index contributed by atoms with van der Waals surface area (Å²) in [4.78, 5) is 11.4. The molecular formula is C14H21NO2. The van der Waals surface area contributed by atoms with Gasteiger partial charge in [-0.2, -0.15) is 0 Å². The number of carbonyl (C=O) groups excluding carboxylic acids is 1. The first-order valence-electron chi connectivity index (χ1n) is 6.23.